The van der Waals surface area contributed by atoms with Gasteiger partial charge >= 0.3 is 12.0 Å². The predicted molar refractivity (Wildman–Crippen MR) is 160 cm³/mol. The van der Waals surface area contributed by atoms with E-state index in [1.54, 1.807) is 49.5 Å². The fourth-order valence-corrected chi connectivity index (χ4v) is 7.15. The zero-order valence-electron chi connectivity index (χ0n) is 23.2. The Hall–Kier alpha value is -4.41. The molecule has 14 nitrogen and oxygen atoms in total. The molecule has 2 aliphatic rings. The SMILES string of the molecule is CN(C(=O)NC(C(=O)NC1C(=O)N2C(C(=O)O)=C(CSc3nnnn3C)CS[C@@H]12)c1ccccc1)C(=O)c1ccccc1Cl. The lowest BCUT2D eigenvalue weighted by molar-refractivity contribution is -0.151. The second-order valence-corrected chi connectivity index (χ2v) is 12.1. The van der Waals surface area contributed by atoms with Crippen molar-refractivity contribution in [2.24, 2.45) is 7.05 Å². The number of β-lactam (4-membered cyclic amide) rings is 1. The fraction of sp³-hybridized carbons (Fsp3) is 0.259. The van der Waals surface area contributed by atoms with E-state index in [1.165, 1.54) is 52.3 Å². The van der Waals surface area contributed by atoms with Gasteiger partial charge in [0.15, 0.2) is 0 Å². The van der Waals surface area contributed by atoms with Crippen molar-refractivity contribution in [3.63, 3.8) is 0 Å². The van der Waals surface area contributed by atoms with Gasteiger partial charge in [-0.25, -0.2) is 14.3 Å². The molecule has 2 aliphatic heterocycles. The summed E-state index contributed by atoms with van der Waals surface area (Å²) in [7, 11) is 2.91. The molecule has 17 heteroatoms. The molecule has 0 spiro atoms. The Kier molecular flexibility index (Phi) is 9.22. The first kappa shape index (κ1) is 31.0. The number of carboxylic acids is 1. The molecular weight excluding hydrogens is 632 g/mol. The van der Waals surface area contributed by atoms with Crippen LogP contribution >= 0.6 is 35.1 Å². The maximum Gasteiger partial charge on any atom is 0.352 e. The number of tetrazole rings is 1. The summed E-state index contributed by atoms with van der Waals surface area (Å²) in [5.41, 5.74) is 0.890. The zero-order chi connectivity index (χ0) is 31.5. The molecule has 0 radical (unpaired) electrons. The van der Waals surface area contributed by atoms with Gasteiger partial charge in [-0.1, -0.05) is 65.8 Å². The molecule has 3 aromatic rings. The number of aliphatic carboxylic acids is 1. The third-order valence-electron chi connectivity index (χ3n) is 6.88. The average molecular weight is 657 g/mol. The average Bonchev–Trinajstić information content (AvgIpc) is 3.44. The maximum atomic E-state index is 13.6. The highest BCUT2D eigenvalue weighted by molar-refractivity contribution is 8.01. The van der Waals surface area contributed by atoms with Gasteiger partial charge in [-0.15, -0.1) is 16.9 Å². The maximum absolute atomic E-state index is 13.6. The Labute approximate surface area is 264 Å². The highest BCUT2D eigenvalue weighted by Crippen LogP contribution is 2.41. The van der Waals surface area contributed by atoms with Crippen LogP contribution in [0, 0.1) is 0 Å². The van der Waals surface area contributed by atoms with E-state index < -0.39 is 47.2 Å². The Morgan fingerprint density at radius 3 is 2.52 bits per heavy atom. The smallest absolute Gasteiger partial charge is 0.352 e. The van der Waals surface area contributed by atoms with Gasteiger partial charge < -0.3 is 15.7 Å². The number of fused-ring (bicyclic) bond motifs is 1. The van der Waals surface area contributed by atoms with Crippen molar-refractivity contribution < 1.29 is 29.1 Å². The van der Waals surface area contributed by atoms with Crippen LogP contribution in [0.5, 0.6) is 0 Å². The van der Waals surface area contributed by atoms with E-state index in [4.69, 9.17) is 11.6 Å². The summed E-state index contributed by atoms with van der Waals surface area (Å²) in [6.07, 6.45) is 0. The number of aryl methyl sites for hydroxylation is 1. The minimum absolute atomic E-state index is 0.107. The number of carboxylic acid groups (broad SMARTS) is 1. The second kappa shape index (κ2) is 13.1. The van der Waals surface area contributed by atoms with E-state index in [-0.39, 0.29) is 22.0 Å². The summed E-state index contributed by atoms with van der Waals surface area (Å²) in [5.74, 6) is -2.70. The van der Waals surface area contributed by atoms with Gasteiger partial charge in [0.1, 0.15) is 23.2 Å². The molecule has 3 N–H and O–H groups in total. The van der Waals surface area contributed by atoms with Crippen LogP contribution in [0.2, 0.25) is 5.02 Å². The van der Waals surface area contributed by atoms with E-state index >= 15 is 0 Å². The minimum Gasteiger partial charge on any atom is -0.477 e. The van der Waals surface area contributed by atoms with Crippen molar-refractivity contribution in [1.82, 2.24) is 40.6 Å². The number of hydrogen-bond donors (Lipinski definition) is 3. The van der Waals surface area contributed by atoms with Gasteiger partial charge in [0.05, 0.1) is 10.6 Å². The number of aromatic nitrogens is 4. The summed E-state index contributed by atoms with van der Waals surface area (Å²) >= 11 is 8.68. The lowest BCUT2D eigenvalue weighted by Gasteiger charge is -2.49. The molecule has 44 heavy (non-hydrogen) atoms. The standard InChI is InChI=1S/C27H25ClN8O6S2/c1-34(22(38)16-10-6-7-11-17(16)28)26(42)30-18(14-8-4-3-5-9-14)21(37)29-19-23(39)36-20(25(40)41)15(12-43-24(19)36)13-44-27-31-32-33-35(27)2/h3-11,18-19,24H,12-13H2,1-2H3,(H,29,37)(H,30,42)(H,40,41)/t18?,19?,24-/m0/s1. The second-order valence-electron chi connectivity index (χ2n) is 9.66. The summed E-state index contributed by atoms with van der Waals surface area (Å²) < 4.78 is 1.46. The summed E-state index contributed by atoms with van der Waals surface area (Å²) in [6.45, 7) is 0. The lowest BCUT2D eigenvalue weighted by Crippen LogP contribution is -2.71. The molecule has 3 atom stereocenters. The van der Waals surface area contributed by atoms with Crippen LogP contribution in [0.1, 0.15) is 22.0 Å². The van der Waals surface area contributed by atoms with Gasteiger partial charge in [0.25, 0.3) is 11.8 Å². The number of carbonyl (C=O) groups excluding carboxylic acids is 4. The van der Waals surface area contributed by atoms with E-state index in [1.807, 2.05) is 0 Å². The van der Waals surface area contributed by atoms with Crippen molar-refractivity contribution in [1.29, 1.82) is 0 Å². The van der Waals surface area contributed by atoms with Gasteiger partial charge in [0, 0.05) is 25.6 Å². The highest BCUT2D eigenvalue weighted by Gasteiger charge is 2.54. The number of nitrogens with one attached hydrogen (secondary N) is 2. The largest absolute Gasteiger partial charge is 0.477 e. The number of carbonyl (C=O) groups is 5. The number of benzene rings is 2. The van der Waals surface area contributed by atoms with E-state index in [0.717, 1.165) is 4.90 Å². The van der Waals surface area contributed by atoms with E-state index in [0.29, 0.717) is 22.0 Å². The number of imide groups is 1. The van der Waals surface area contributed by atoms with Crippen molar-refractivity contribution in [3.05, 3.63) is 82.0 Å². The topological polar surface area (TPSA) is 180 Å². The molecule has 3 heterocycles. The van der Waals surface area contributed by atoms with Crippen molar-refractivity contribution in [2.45, 2.75) is 22.6 Å². The summed E-state index contributed by atoms with van der Waals surface area (Å²) in [5, 5.41) is 26.4. The number of hydrogen-bond acceptors (Lipinski definition) is 10. The van der Waals surface area contributed by atoms with Crippen LogP contribution in [-0.4, -0.2) is 94.8 Å². The number of halogens is 1. The van der Waals surface area contributed by atoms with Crippen molar-refractivity contribution in [3.8, 4) is 0 Å². The Morgan fingerprint density at radius 1 is 1.16 bits per heavy atom. The molecule has 0 bridgehead atoms. The summed E-state index contributed by atoms with van der Waals surface area (Å²) in [4.78, 5) is 67.1. The normalized spacial score (nSPS) is 18.2. The van der Waals surface area contributed by atoms with Crippen LogP contribution in [0.3, 0.4) is 0 Å². The molecule has 0 saturated carbocycles. The number of amides is 5. The third-order valence-corrected chi connectivity index (χ3v) is 9.65. The summed E-state index contributed by atoms with van der Waals surface area (Å²) in [6, 6.07) is 11.4. The number of urea groups is 1. The molecule has 1 fully saturated rings. The molecule has 2 unspecified atom stereocenters. The number of rotatable bonds is 9. The third kappa shape index (κ3) is 6.13. The van der Waals surface area contributed by atoms with E-state index in [9.17, 15) is 29.1 Å². The van der Waals surface area contributed by atoms with Gasteiger partial charge in [0.2, 0.25) is 11.1 Å². The monoisotopic (exact) mass is 656 g/mol. The molecule has 5 rings (SSSR count). The molecule has 1 saturated heterocycles. The Morgan fingerprint density at radius 2 is 1.86 bits per heavy atom. The quantitative estimate of drug-likeness (QED) is 0.226. The first-order valence-electron chi connectivity index (χ1n) is 13.0. The fourth-order valence-electron chi connectivity index (χ4n) is 4.60. The molecular formula is C27H25ClN8O6S2. The van der Waals surface area contributed by atoms with Crippen LogP contribution in [0.15, 0.2) is 71.0 Å². The minimum atomic E-state index is -1.28. The molecule has 2 aromatic carbocycles. The number of nitrogens with zero attached hydrogens (tertiary/aromatic N) is 6. The van der Waals surface area contributed by atoms with Gasteiger partial charge in [-0.3, -0.25) is 24.2 Å². The molecule has 1 aromatic heterocycles. The Balaban J connectivity index is 1.31. The van der Waals surface area contributed by atoms with E-state index in [2.05, 4.69) is 26.2 Å². The van der Waals surface area contributed by atoms with Crippen molar-refractivity contribution >= 4 is 64.8 Å². The van der Waals surface area contributed by atoms with Crippen LogP contribution in [0.4, 0.5) is 4.79 Å². The predicted octanol–water partition coefficient (Wildman–Crippen LogP) is 1.92. The van der Waals surface area contributed by atoms with Gasteiger partial charge in [-0.2, -0.15) is 0 Å². The number of thioether (sulfide) groups is 2. The van der Waals surface area contributed by atoms with Crippen molar-refractivity contribution in [2.75, 3.05) is 18.6 Å². The molecule has 0 aliphatic carbocycles. The zero-order valence-corrected chi connectivity index (χ0v) is 25.6. The first-order valence-corrected chi connectivity index (χ1v) is 15.4. The highest BCUT2D eigenvalue weighted by atomic mass is 35.5. The van der Waals surface area contributed by atoms with Crippen LogP contribution in [-0.2, 0) is 21.4 Å². The Bertz CT molecular complexity index is 1670. The molecule has 5 amide bonds. The van der Waals surface area contributed by atoms with Gasteiger partial charge in [-0.05, 0) is 33.7 Å². The first-order chi connectivity index (χ1) is 21.1. The van der Waals surface area contributed by atoms with Crippen LogP contribution in [0.25, 0.3) is 0 Å². The van der Waals surface area contributed by atoms with Crippen LogP contribution < -0.4 is 10.6 Å². The molecule has 228 valence electrons. The lowest BCUT2D eigenvalue weighted by atomic mass is 10.0.